The van der Waals surface area contributed by atoms with Gasteiger partial charge in [0.05, 0.1) is 11.0 Å². The van der Waals surface area contributed by atoms with Gasteiger partial charge in [0.25, 0.3) is 0 Å². The average molecular weight is 255 g/mol. The number of hydrogen-bond acceptors (Lipinski definition) is 3. The molecule has 0 spiro atoms. The topological polar surface area (TPSA) is 57.8 Å². The van der Waals surface area contributed by atoms with Crippen LogP contribution in [-0.4, -0.2) is 32.2 Å². The van der Waals surface area contributed by atoms with Crippen LogP contribution in [0.5, 0.6) is 0 Å². The average Bonchev–Trinajstić information content (AvgIpc) is 2.70. The second-order valence-corrected chi connectivity index (χ2v) is 5.47. The van der Waals surface area contributed by atoms with Gasteiger partial charge in [0.15, 0.2) is 0 Å². The van der Waals surface area contributed by atoms with E-state index in [1.54, 1.807) is 6.07 Å². The van der Waals surface area contributed by atoms with Crippen molar-refractivity contribution in [2.75, 3.05) is 23.4 Å². The number of imidazole rings is 1. The first kappa shape index (κ1) is 12.0. The van der Waals surface area contributed by atoms with Gasteiger partial charge in [-0.1, -0.05) is 6.92 Å². The van der Waals surface area contributed by atoms with E-state index in [2.05, 4.69) is 15.3 Å². The third-order valence-corrected chi connectivity index (χ3v) is 3.69. The van der Waals surface area contributed by atoms with Gasteiger partial charge >= 0.3 is 0 Å². The third-order valence-electron chi connectivity index (χ3n) is 2.39. The number of rotatable bonds is 5. The Morgan fingerprint density at radius 3 is 3.12 bits per heavy atom. The van der Waals surface area contributed by atoms with E-state index >= 15 is 0 Å². The van der Waals surface area contributed by atoms with E-state index in [4.69, 9.17) is 0 Å². The monoisotopic (exact) mass is 255 g/mol. The van der Waals surface area contributed by atoms with Crippen LogP contribution < -0.4 is 5.32 Å². The second kappa shape index (κ2) is 5.27. The molecule has 1 unspecified atom stereocenters. The third kappa shape index (κ3) is 3.03. The quantitative estimate of drug-likeness (QED) is 0.857. The molecule has 0 saturated carbocycles. The maximum absolute atomic E-state index is 12.9. The van der Waals surface area contributed by atoms with Gasteiger partial charge in [-0.3, -0.25) is 4.21 Å². The summed E-state index contributed by atoms with van der Waals surface area (Å²) >= 11 is 0. The summed E-state index contributed by atoms with van der Waals surface area (Å²) in [5.74, 6) is 1.54. The number of H-pyrrole nitrogens is 1. The van der Waals surface area contributed by atoms with E-state index < -0.39 is 10.8 Å². The van der Waals surface area contributed by atoms with Crippen molar-refractivity contribution in [3.8, 4) is 0 Å². The number of fused-ring (bicyclic) bond motifs is 1. The van der Waals surface area contributed by atoms with Gasteiger partial charge in [0, 0.05) is 28.9 Å². The Labute approximate surface area is 101 Å². The summed E-state index contributed by atoms with van der Waals surface area (Å²) in [7, 11) is -0.786. The first-order valence-corrected chi connectivity index (χ1v) is 6.92. The Hall–Kier alpha value is -1.43. The molecular weight excluding hydrogens is 241 g/mol. The highest BCUT2D eigenvalue weighted by atomic mass is 32.2. The van der Waals surface area contributed by atoms with Gasteiger partial charge in [-0.15, -0.1) is 0 Å². The number of nitrogens with one attached hydrogen (secondary N) is 2. The largest absolute Gasteiger partial charge is 0.355 e. The maximum Gasteiger partial charge on any atom is 0.201 e. The number of anilines is 1. The number of aromatic amines is 1. The summed E-state index contributed by atoms with van der Waals surface area (Å²) in [4.78, 5) is 7.21. The van der Waals surface area contributed by atoms with Gasteiger partial charge in [-0.05, 0) is 18.2 Å². The molecule has 1 heterocycles. The standard InChI is InChI=1S/C11H14FN3OS/c1-2-17(16)6-5-13-11-14-9-4-3-8(12)7-10(9)15-11/h3-4,7H,2,5-6H2,1H3,(H2,13,14,15). The van der Waals surface area contributed by atoms with Crippen LogP contribution in [0.3, 0.4) is 0 Å². The van der Waals surface area contributed by atoms with E-state index in [1.807, 2.05) is 6.92 Å². The Kier molecular flexibility index (Phi) is 3.73. The molecule has 0 bridgehead atoms. The highest BCUT2D eigenvalue weighted by Crippen LogP contribution is 2.15. The number of aromatic nitrogens is 2. The molecule has 6 heteroatoms. The lowest BCUT2D eigenvalue weighted by Gasteiger charge is -2.00. The van der Waals surface area contributed by atoms with Crippen molar-refractivity contribution >= 4 is 27.8 Å². The van der Waals surface area contributed by atoms with Crippen molar-refractivity contribution in [3.63, 3.8) is 0 Å². The first-order chi connectivity index (χ1) is 8.19. The smallest absolute Gasteiger partial charge is 0.201 e. The van der Waals surface area contributed by atoms with E-state index in [0.29, 0.717) is 35.0 Å². The minimum absolute atomic E-state index is 0.292. The minimum Gasteiger partial charge on any atom is -0.355 e. The number of nitrogens with zero attached hydrogens (tertiary/aromatic N) is 1. The van der Waals surface area contributed by atoms with Crippen LogP contribution >= 0.6 is 0 Å². The molecule has 0 aliphatic carbocycles. The summed E-state index contributed by atoms with van der Waals surface area (Å²) in [6.45, 7) is 2.48. The molecule has 1 aromatic heterocycles. The molecule has 2 rings (SSSR count). The predicted molar refractivity (Wildman–Crippen MR) is 68.1 cm³/mol. The molecule has 0 radical (unpaired) electrons. The lowest BCUT2D eigenvalue weighted by Crippen LogP contribution is -2.12. The van der Waals surface area contributed by atoms with E-state index in [0.717, 1.165) is 0 Å². The summed E-state index contributed by atoms with van der Waals surface area (Å²) in [5.41, 5.74) is 1.37. The molecule has 92 valence electrons. The van der Waals surface area contributed by atoms with Crippen LogP contribution in [0.1, 0.15) is 6.92 Å². The Morgan fingerprint density at radius 1 is 1.53 bits per heavy atom. The molecule has 17 heavy (non-hydrogen) atoms. The molecule has 1 atom stereocenters. The molecular formula is C11H14FN3OS. The fourth-order valence-electron chi connectivity index (χ4n) is 1.49. The van der Waals surface area contributed by atoms with Crippen molar-refractivity contribution in [2.45, 2.75) is 6.92 Å². The van der Waals surface area contributed by atoms with Gasteiger partial charge in [0.2, 0.25) is 5.95 Å². The fraction of sp³-hybridized carbons (Fsp3) is 0.364. The zero-order valence-electron chi connectivity index (χ0n) is 9.50. The van der Waals surface area contributed by atoms with Crippen LogP contribution in [0.2, 0.25) is 0 Å². The lowest BCUT2D eigenvalue weighted by molar-refractivity contribution is 0.629. The molecule has 0 fully saturated rings. The first-order valence-electron chi connectivity index (χ1n) is 5.43. The minimum atomic E-state index is -0.786. The highest BCUT2D eigenvalue weighted by molar-refractivity contribution is 7.84. The predicted octanol–water partition coefficient (Wildman–Crippen LogP) is 1.88. The summed E-state index contributed by atoms with van der Waals surface area (Å²) in [5, 5.41) is 3.04. The van der Waals surface area contributed by atoms with Crippen LogP contribution in [0.25, 0.3) is 11.0 Å². The number of hydrogen-bond donors (Lipinski definition) is 2. The Bertz CT molecular complexity index is 540. The van der Waals surface area contributed by atoms with Crippen molar-refractivity contribution in [1.29, 1.82) is 0 Å². The van der Waals surface area contributed by atoms with Crippen molar-refractivity contribution in [1.82, 2.24) is 9.97 Å². The number of halogens is 1. The van der Waals surface area contributed by atoms with E-state index in [-0.39, 0.29) is 5.82 Å². The maximum atomic E-state index is 12.9. The van der Waals surface area contributed by atoms with Crippen LogP contribution in [0.15, 0.2) is 18.2 Å². The van der Waals surface area contributed by atoms with Crippen molar-refractivity contribution in [2.24, 2.45) is 0 Å². The van der Waals surface area contributed by atoms with Gasteiger partial charge in [-0.25, -0.2) is 9.37 Å². The molecule has 0 aliphatic rings. The van der Waals surface area contributed by atoms with Crippen molar-refractivity contribution in [3.05, 3.63) is 24.0 Å². The number of benzene rings is 1. The normalized spacial score (nSPS) is 12.8. The summed E-state index contributed by atoms with van der Waals surface area (Å²) in [6.07, 6.45) is 0. The Balaban J connectivity index is 2.02. The van der Waals surface area contributed by atoms with Crippen LogP contribution in [0.4, 0.5) is 10.3 Å². The highest BCUT2D eigenvalue weighted by Gasteiger charge is 2.03. The molecule has 2 N–H and O–H groups in total. The molecule has 4 nitrogen and oxygen atoms in total. The van der Waals surface area contributed by atoms with E-state index in [1.165, 1.54) is 12.1 Å². The van der Waals surface area contributed by atoms with Crippen LogP contribution in [0, 0.1) is 5.82 Å². The molecule has 1 aromatic carbocycles. The van der Waals surface area contributed by atoms with E-state index in [9.17, 15) is 8.60 Å². The van der Waals surface area contributed by atoms with Crippen molar-refractivity contribution < 1.29 is 8.60 Å². The molecule has 0 amide bonds. The lowest BCUT2D eigenvalue weighted by atomic mass is 10.3. The Morgan fingerprint density at radius 2 is 2.35 bits per heavy atom. The summed E-state index contributed by atoms with van der Waals surface area (Å²) < 4.78 is 24.2. The van der Waals surface area contributed by atoms with Gasteiger partial charge in [-0.2, -0.15) is 0 Å². The van der Waals surface area contributed by atoms with Gasteiger partial charge < -0.3 is 10.3 Å². The fourth-order valence-corrected chi connectivity index (χ4v) is 2.11. The van der Waals surface area contributed by atoms with Gasteiger partial charge in [0.1, 0.15) is 5.82 Å². The summed E-state index contributed by atoms with van der Waals surface area (Å²) in [6, 6.07) is 4.40. The SMILES string of the molecule is CCS(=O)CCNc1nc2ccc(F)cc2[nH]1. The van der Waals surface area contributed by atoms with Crippen LogP contribution in [-0.2, 0) is 10.8 Å². The zero-order chi connectivity index (χ0) is 12.3. The second-order valence-electron chi connectivity index (χ2n) is 3.61. The molecule has 2 aromatic rings. The zero-order valence-corrected chi connectivity index (χ0v) is 10.3. The molecule has 0 saturated heterocycles. The molecule has 0 aliphatic heterocycles.